The molecule has 0 amide bonds. The molecule has 0 fully saturated rings. The summed E-state index contributed by atoms with van der Waals surface area (Å²) in [6.07, 6.45) is 1.70. The Morgan fingerprint density at radius 2 is 2.00 bits per heavy atom. The molecule has 0 saturated heterocycles. The lowest BCUT2D eigenvalue weighted by Gasteiger charge is -2.01. The van der Waals surface area contributed by atoms with Crippen molar-refractivity contribution in [2.75, 3.05) is 0 Å². The number of pyridine rings is 1. The number of benzene rings is 1. The highest BCUT2D eigenvalue weighted by Crippen LogP contribution is 2.22. The quantitative estimate of drug-likeness (QED) is 0.469. The van der Waals surface area contributed by atoms with Gasteiger partial charge >= 0.3 is 0 Å². The van der Waals surface area contributed by atoms with Crippen LogP contribution in [0.4, 0.5) is 5.69 Å². The summed E-state index contributed by atoms with van der Waals surface area (Å²) in [5, 5.41) is 3.31. The van der Waals surface area contributed by atoms with Crippen molar-refractivity contribution < 1.29 is 0 Å². The second kappa shape index (κ2) is 6.30. The first-order valence-corrected chi connectivity index (χ1v) is 6.48. The predicted octanol–water partition coefficient (Wildman–Crippen LogP) is 4.11. The van der Waals surface area contributed by atoms with Gasteiger partial charge in [0, 0.05) is 5.75 Å². The van der Waals surface area contributed by atoms with Crippen LogP contribution in [0, 0.1) is 0 Å². The van der Waals surface area contributed by atoms with Crippen molar-refractivity contribution in [2.45, 2.75) is 10.8 Å². The van der Waals surface area contributed by atoms with Gasteiger partial charge in [-0.1, -0.05) is 30.3 Å². The Balaban J connectivity index is 1.98. The maximum absolute atomic E-state index is 4.53. The van der Waals surface area contributed by atoms with Gasteiger partial charge in [-0.3, -0.25) is 0 Å². The highest BCUT2D eigenvalue weighted by molar-refractivity contribution is 7.98. The fraction of sp³-hybridized carbons (Fsp3) is 0.0769. The molecule has 0 N–H and O–H groups in total. The summed E-state index contributed by atoms with van der Waals surface area (Å²) in [5.41, 5.74) is 2.03. The van der Waals surface area contributed by atoms with Crippen LogP contribution < -0.4 is 0 Å². The molecule has 84 valence electrons. The summed E-state index contributed by atoms with van der Waals surface area (Å²) in [6.45, 7) is 0. The molecule has 0 aliphatic carbocycles. The number of aromatic nitrogens is 1. The zero-order chi connectivity index (χ0) is 11.9. The Hall–Kier alpha value is -1.48. The van der Waals surface area contributed by atoms with E-state index in [0.29, 0.717) is 0 Å². The number of nitrogens with zero attached hydrogens (tertiary/aromatic N) is 2. The Morgan fingerprint density at radius 1 is 1.18 bits per heavy atom. The lowest BCUT2D eigenvalue weighted by Crippen LogP contribution is -1.82. The van der Waals surface area contributed by atoms with Crippen molar-refractivity contribution >= 4 is 34.8 Å². The summed E-state index contributed by atoms with van der Waals surface area (Å²) in [5.74, 6) is 0.920. The molecular weight excluding hydrogens is 248 g/mol. The molecule has 0 aliphatic rings. The van der Waals surface area contributed by atoms with Crippen molar-refractivity contribution in [3.05, 3.63) is 54.2 Å². The molecule has 1 aromatic carbocycles. The number of isothiocyanates is 1. The number of rotatable bonds is 4. The van der Waals surface area contributed by atoms with Crippen molar-refractivity contribution in [3.63, 3.8) is 0 Å². The fourth-order valence-electron chi connectivity index (χ4n) is 1.31. The normalized spacial score (nSPS) is 9.65. The summed E-state index contributed by atoms with van der Waals surface area (Å²) in [6, 6.07) is 14.2. The van der Waals surface area contributed by atoms with Crippen LogP contribution in [-0.4, -0.2) is 10.1 Å². The number of thiocarbonyl (C=S) groups is 1. The summed E-state index contributed by atoms with van der Waals surface area (Å²) in [4.78, 5) is 8.15. The highest BCUT2D eigenvalue weighted by Gasteiger charge is 1.97. The number of hydrogen-bond donors (Lipinski definition) is 0. The number of aliphatic imine (C=N–C) groups is 1. The van der Waals surface area contributed by atoms with Gasteiger partial charge in [-0.05, 0) is 29.9 Å². The maximum atomic E-state index is 4.53. The minimum atomic E-state index is 0.740. The summed E-state index contributed by atoms with van der Waals surface area (Å²) < 4.78 is 0. The first-order valence-electron chi connectivity index (χ1n) is 5.09. The predicted molar refractivity (Wildman–Crippen MR) is 74.9 cm³/mol. The monoisotopic (exact) mass is 258 g/mol. The van der Waals surface area contributed by atoms with Gasteiger partial charge in [0.1, 0.15) is 0 Å². The first-order chi connectivity index (χ1) is 8.38. The van der Waals surface area contributed by atoms with Crippen LogP contribution in [0.2, 0.25) is 0 Å². The second-order valence-corrected chi connectivity index (χ2v) is 4.51. The smallest absolute Gasteiger partial charge is 0.0964 e. The van der Waals surface area contributed by atoms with E-state index in [9.17, 15) is 0 Å². The largest absolute Gasteiger partial charge is 0.248 e. The van der Waals surface area contributed by atoms with Gasteiger partial charge in [-0.2, -0.15) is 4.99 Å². The minimum absolute atomic E-state index is 0.740. The SMILES string of the molecule is S=C=Nc1ccc(SCc2ccccc2)nc1. The molecule has 17 heavy (non-hydrogen) atoms. The number of hydrogen-bond acceptors (Lipinski definition) is 4. The third-order valence-electron chi connectivity index (χ3n) is 2.13. The highest BCUT2D eigenvalue weighted by atomic mass is 32.2. The minimum Gasteiger partial charge on any atom is -0.248 e. The Morgan fingerprint density at radius 3 is 2.65 bits per heavy atom. The molecule has 2 nitrogen and oxygen atoms in total. The molecule has 1 aromatic heterocycles. The van der Waals surface area contributed by atoms with E-state index in [0.717, 1.165) is 16.5 Å². The molecule has 0 radical (unpaired) electrons. The van der Waals surface area contributed by atoms with E-state index in [2.05, 4.69) is 39.5 Å². The van der Waals surface area contributed by atoms with E-state index in [-0.39, 0.29) is 0 Å². The molecule has 0 unspecified atom stereocenters. The Labute approximate surface area is 110 Å². The van der Waals surface area contributed by atoms with E-state index in [4.69, 9.17) is 0 Å². The third kappa shape index (κ3) is 3.79. The van der Waals surface area contributed by atoms with Crippen LogP contribution in [0.15, 0.2) is 58.7 Å². The average Bonchev–Trinajstić information content (AvgIpc) is 2.40. The van der Waals surface area contributed by atoms with Crippen molar-refractivity contribution in [1.29, 1.82) is 0 Å². The van der Waals surface area contributed by atoms with E-state index in [1.54, 1.807) is 18.0 Å². The summed E-state index contributed by atoms with van der Waals surface area (Å²) >= 11 is 6.23. The molecule has 0 atom stereocenters. The molecule has 0 aliphatic heterocycles. The average molecular weight is 258 g/mol. The van der Waals surface area contributed by atoms with Gasteiger partial charge in [0.25, 0.3) is 0 Å². The van der Waals surface area contributed by atoms with Crippen LogP contribution in [0.5, 0.6) is 0 Å². The fourth-order valence-corrected chi connectivity index (χ4v) is 2.21. The first kappa shape index (κ1) is 12.0. The van der Waals surface area contributed by atoms with E-state index in [1.165, 1.54) is 5.56 Å². The molecule has 0 spiro atoms. The van der Waals surface area contributed by atoms with Crippen molar-refractivity contribution in [2.24, 2.45) is 4.99 Å². The van der Waals surface area contributed by atoms with Gasteiger partial charge in [-0.15, -0.1) is 11.8 Å². The molecular formula is C13H10N2S2. The third-order valence-corrected chi connectivity index (χ3v) is 3.23. The molecule has 2 rings (SSSR count). The van der Waals surface area contributed by atoms with Crippen LogP contribution in [-0.2, 0) is 5.75 Å². The van der Waals surface area contributed by atoms with E-state index in [1.807, 2.05) is 30.3 Å². The van der Waals surface area contributed by atoms with Crippen LogP contribution in [0.1, 0.15) is 5.56 Å². The number of thioether (sulfide) groups is 1. The zero-order valence-corrected chi connectivity index (χ0v) is 10.7. The molecule has 1 heterocycles. The van der Waals surface area contributed by atoms with Crippen LogP contribution in [0.25, 0.3) is 0 Å². The van der Waals surface area contributed by atoms with Gasteiger partial charge in [-0.25, -0.2) is 4.98 Å². The van der Waals surface area contributed by atoms with Crippen molar-refractivity contribution in [3.8, 4) is 0 Å². The molecule has 4 heteroatoms. The Bertz CT molecular complexity index is 517. The van der Waals surface area contributed by atoms with Gasteiger partial charge < -0.3 is 0 Å². The second-order valence-electron chi connectivity index (χ2n) is 3.33. The zero-order valence-electron chi connectivity index (χ0n) is 9.04. The van der Waals surface area contributed by atoms with E-state index < -0.39 is 0 Å². The topological polar surface area (TPSA) is 25.2 Å². The molecule has 2 aromatic rings. The maximum Gasteiger partial charge on any atom is 0.0964 e. The van der Waals surface area contributed by atoms with Crippen LogP contribution >= 0.6 is 24.0 Å². The standard InChI is InChI=1S/C13H10N2S2/c16-10-15-12-6-7-13(14-8-12)17-9-11-4-2-1-3-5-11/h1-8H,9H2. The van der Waals surface area contributed by atoms with Crippen molar-refractivity contribution in [1.82, 2.24) is 4.98 Å². The lowest BCUT2D eigenvalue weighted by molar-refractivity contribution is 1.13. The molecule has 0 saturated carbocycles. The molecule has 0 bridgehead atoms. The summed E-state index contributed by atoms with van der Waals surface area (Å²) in [7, 11) is 0. The van der Waals surface area contributed by atoms with Gasteiger partial charge in [0.05, 0.1) is 22.1 Å². The van der Waals surface area contributed by atoms with Gasteiger partial charge in [0.2, 0.25) is 0 Å². The van der Waals surface area contributed by atoms with Crippen LogP contribution in [0.3, 0.4) is 0 Å². The lowest BCUT2D eigenvalue weighted by atomic mass is 10.2. The van der Waals surface area contributed by atoms with Gasteiger partial charge in [0.15, 0.2) is 0 Å². The Kier molecular flexibility index (Phi) is 4.45. The van der Waals surface area contributed by atoms with E-state index >= 15 is 0 Å².